The van der Waals surface area contributed by atoms with Gasteiger partial charge in [0.25, 0.3) is 5.91 Å². The molecule has 1 aromatic carbocycles. The van der Waals surface area contributed by atoms with E-state index in [4.69, 9.17) is 4.74 Å². The molecule has 2 atom stereocenters. The molecule has 7 nitrogen and oxygen atoms in total. The molecule has 3 aromatic rings. The molecule has 1 amide bonds. The van der Waals surface area contributed by atoms with Crippen LogP contribution in [0.5, 0.6) is 0 Å². The number of carbonyl (C=O) groups excluding carboxylic acids is 1. The first-order chi connectivity index (χ1) is 13.0. The molecule has 1 N–H and O–H groups in total. The summed E-state index contributed by atoms with van der Waals surface area (Å²) in [6, 6.07) is 7.96. The Bertz CT molecular complexity index is 961. The van der Waals surface area contributed by atoms with Crippen LogP contribution in [0.3, 0.4) is 0 Å². The fourth-order valence-electron chi connectivity index (χ4n) is 3.72. The summed E-state index contributed by atoms with van der Waals surface area (Å²) >= 11 is 0. The highest BCUT2D eigenvalue weighted by Crippen LogP contribution is 2.31. The number of ether oxygens (including phenoxy) is 1. The number of benzene rings is 1. The predicted molar refractivity (Wildman–Crippen MR) is 101 cm³/mol. The third-order valence-electron chi connectivity index (χ3n) is 4.92. The Labute approximate surface area is 158 Å². The Morgan fingerprint density at radius 1 is 1.33 bits per heavy atom. The second-order valence-corrected chi connectivity index (χ2v) is 6.91. The SMILES string of the molecule is C[C@@H]1Cc2c(nn(C)c2C(=O)NCc2ccccc2-n2ccnc2)[C@H](C)O1. The van der Waals surface area contributed by atoms with Gasteiger partial charge in [-0.1, -0.05) is 18.2 Å². The van der Waals surface area contributed by atoms with Crippen molar-refractivity contribution in [1.29, 1.82) is 0 Å². The van der Waals surface area contributed by atoms with Crippen LogP contribution in [0.15, 0.2) is 43.0 Å². The van der Waals surface area contributed by atoms with E-state index in [9.17, 15) is 4.79 Å². The third-order valence-corrected chi connectivity index (χ3v) is 4.92. The lowest BCUT2D eigenvalue weighted by atomic mass is 9.99. The summed E-state index contributed by atoms with van der Waals surface area (Å²) in [6.45, 7) is 4.43. The maximum atomic E-state index is 13.0. The minimum Gasteiger partial charge on any atom is -0.369 e. The highest BCUT2D eigenvalue weighted by atomic mass is 16.5. The van der Waals surface area contributed by atoms with Crippen LogP contribution in [0.1, 0.15) is 47.3 Å². The standard InChI is InChI=1S/C20H23N5O2/c1-13-10-16-18(14(2)27-13)23-24(3)19(16)20(26)22-11-15-6-4-5-7-17(15)25-9-8-21-12-25/h4-9,12-14H,10-11H2,1-3H3,(H,22,26)/t13-,14+/m1/s1. The van der Waals surface area contributed by atoms with E-state index >= 15 is 0 Å². The normalized spacial score (nSPS) is 18.9. The van der Waals surface area contributed by atoms with Gasteiger partial charge < -0.3 is 14.6 Å². The number of fused-ring (bicyclic) bond motifs is 1. The zero-order valence-electron chi connectivity index (χ0n) is 15.7. The Balaban J connectivity index is 1.57. The van der Waals surface area contributed by atoms with E-state index in [2.05, 4.69) is 15.4 Å². The predicted octanol–water partition coefficient (Wildman–Crippen LogP) is 2.56. The van der Waals surface area contributed by atoms with E-state index in [1.165, 1.54) is 0 Å². The lowest BCUT2D eigenvalue weighted by Gasteiger charge is -2.24. The van der Waals surface area contributed by atoms with Gasteiger partial charge >= 0.3 is 0 Å². The van der Waals surface area contributed by atoms with Crippen LogP contribution in [0.2, 0.25) is 0 Å². The van der Waals surface area contributed by atoms with Gasteiger partial charge in [0.1, 0.15) is 5.69 Å². The molecule has 0 saturated heterocycles. The van der Waals surface area contributed by atoms with Crippen molar-refractivity contribution in [3.8, 4) is 5.69 Å². The van der Waals surface area contributed by atoms with E-state index in [0.29, 0.717) is 18.7 Å². The van der Waals surface area contributed by atoms with E-state index < -0.39 is 0 Å². The van der Waals surface area contributed by atoms with E-state index in [-0.39, 0.29) is 18.1 Å². The Morgan fingerprint density at radius 2 is 2.15 bits per heavy atom. The molecule has 140 valence electrons. The maximum Gasteiger partial charge on any atom is 0.270 e. The third kappa shape index (κ3) is 3.26. The van der Waals surface area contributed by atoms with Gasteiger partial charge in [0.2, 0.25) is 0 Å². The first-order valence-corrected chi connectivity index (χ1v) is 9.10. The largest absolute Gasteiger partial charge is 0.369 e. The molecule has 0 spiro atoms. The van der Waals surface area contributed by atoms with Gasteiger partial charge in [-0.15, -0.1) is 0 Å². The molecule has 0 bridgehead atoms. The monoisotopic (exact) mass is 365 g/mol. The van der Waals surface area contributed by atoms with Crippen molar-refractivity contribution in [2.75, 3.05) is 0 Å². The van der Waals surface area contributed by atoms with Crippen LogP contribution in [0.4, 0.5) is 0 Å². The van der Waals surface area contributed by atoms with Crippen molar-refractivity contribution < 1.29 is 9.53 Å². The molecule has 4 rings (SSSR count). The Hall–Kier alpha value is -2.93. The van der Waals surface area contributed by atoms with Crippen LogP contribution in [0, 0.1) is 0 Å². The number of imidazole rings is 1. The molecule has 0 fully saturated rings. The minimum atomic E-state index is -0.118. The summed E-state index contributed by atoms with van der Waals surface area (Å²) in [5.41, 5.74) is 4.48. The number of amides is 1. The topological polar surface area (TPSA) is 74.0 Å². The van der Waals surface area contributed by atoms with Crippen molar-refractivity contribution >= 4 is 5.91 Å². The molecule has 7 heteroatoms. The minimum absolute atomic E-state index is 0.0743. The number of para-hydroxylation sites is 1. The molecule has 3 heterocycles. The first-order valence-electron chi connectivity index (χ1n) is 9.10. The van der Waals surface area contributed by atoms with Gasteiger partial charge in [-0.3, -0.25) is 9.48 Å². The van der Waals surface area contributed by atoms with Gasteiger partial charge in [0, 0.05) is 38.0 Å². The molecular weight excluding hydrogens is 342 g/mol. The average Bonchev–Trinajstić information content (AvgIpc) is 3.28. The van der Waals surface area contributed by atoms with Crippen molar-refractivity contribution in [2.45, 2.75) is 39.0 Å². The van der Waals surface area contributed by atoms with Crippen molar-refractivity contribution in [3.05, 3.63) is 65.5 Å². The molecule has 27 heavy (non-hydrogen) atoms. The molecule has 1 aliphatic rings. The smallest absolute Gasteiger partial charge is 0.270 e. The number of carbonyl (C=O) groups is 1. The van der Waals surface area contributed by atoms with Gasteiger partial charge in [-0.25, -0.2) is 4.98 Å². The highest BCUT2D eigenvalue weighted by Gasteiger charge is 2.31. The lowest BCUT2D eigenvalue weighted by molar-refractivity contribution is -0.00710. The second kappa shape index (κ2) is 7.00. The number of nitrogens with one attached hydrogen (secondary N) is 1. The molecule has 2 aromatic heterocycles. The van der Waals surface area contributed by atoms with Crippen LogP contribution in [-0.2, 0) is 24.8 Å². The zero-order valence-corrected chi connectivity index (χ0v) is 15.7. The molecule has 0 radical (unpaired) electrons. The average molecular weight is 365 g/mol. The van der Waals surface area contributed by atoms with E-state index in [1.54, 1.807) is 17.2 Å². The molecule has 0 saturated carbocycles. The van der Waals surface area contributed by atoms with Crippen molar-refractivity contribution in [1.82, 2.24) is 24.6 Å². The van der Waals surface area contributed by atoms with Gasteiger partial charge in [0.15, 0.2) is 0 Å². The quantitative estimate of drug-likeness (QED) is 0.771. The fourth-order valence-corrected chi connectivity index (χ4v) is 3.72. The summed E-state index contributed by atoms with van der Waals surface area (Å²) in [5.74, 6) is -0.118. The number of aromatic nitrogens is 4. The van der Waals surface area contributed by atoms with Crippen molar-refractivity contribution in [3.63, 3.8) is 0 Å². The fraction of sp³-hybridized carbons (Fsp3) is 0.350. The van der Waals surface area contributed by atoms with Gasteiger partial charge in [0.05, 0.1) is 29.9 Å². The molecular formula is C20H23N5O2. The van der Waals surface area contributed by atoms with Gasteiger partial charge in [-0.05, 0) is 25.5 Å². The van der Waals surface area contributed by atoms with Gasteiger partial charge in [-0.2, -0.15) is 5.10 Å². The molecule has 0 aliphatic carbocycles. The summed E-state index contributed by atoms with van der Waals surface area (Å²) in [5, 5.41) is 7.57. The number of aryl methyl sites for hydroxylation is 1. The summed E-state index contributed by atoms with van der Waals surface area (Å²) in [4.78, 5) is 17.1. The Kier molecular flexibility index (Phi) is 4.53. The molecule has 0 unspecified atom stereocenters. The summed E-state index contributed by atoms with van der Waals surface area (Å²) in [7, 11) is 1.81. The zero-order chi connectivity index (χ0) is 19.0. The van der Waals surface area contributed by atoms with Crippen LogP contribution in [0.25, 0.3) is 5.69 Å². The highest BCUT2D eigenvalue weighted by molar-refractivity contribution is 5.94. The van der Waals surface area contributed by atoms with Crippen LogP contribution < -0.4 is 5.32 Å². The number of hydrogen-bond acceptors (Lipinski definition) is 4. The van der Waals surface area contributed by atoms with Crippen LogP contribution >= 0.6 is 0 Å². The van der Waals surface area contributed by atoms with Crippen LogP contribution in [-0.4, -0.2) is 31.3 Å². The number of hydrogen-bond donors (Lipinski definition) is 1. The second-order valence-electron chi connectivity index (χ2n) is 6.91. The first kappa shape index (κ1) is 17.5. The van der Waals surface area contributed by atoms with E-state index in [1.807, 2.05) is 55.9 Å². The number of nitrogens with zero attached hydrogens (tertiary/aromatic N) is 4. The molecule has 1 aliphatic heterocycles. The van der Waals surface area contributed by atoms with E-state index in [0.717, 1.165) is 22.5 Å². The summed E-state index contributed by atoms with van der Waals surface area (Å²) < 4.78 is 9.44. The summed E-state index contributed by atoms with van der Waals surface area (Å²) in [6.07, 6.45) is 6.05. The number of rotatable bonds is 4. The lowest BCUT2D eigenvalue weighted by Crippen LogP contribution is -2.28. The maximum absolute atomic E-state index is 13.0. The van der Waals surface area contributed by atoms with Crippen molar-refractivity contribution in [2.24, 2.45) is 7.05 Å². The Morgan fingerprint density at radius 3 is 2.93 bits per heavy atom.